The van der Waals surface area contributed by atoms with Crippen molar-refractivity contribution < 1.29 is 19.4 Å². The van der Waals surface area contributed by atoms with Crippen molar-refractivity contribution in [1.29, 1.82) is 0 Å². The predicted octanol–water partition coefficient (Wildman–Crippen LogP) is 1.08. The average molecular weight is 333 g/mol. The molecule has 0 radical (unpaired) electrons. The van der Waals surface area contributed by atoms with E-state index < -0.39 is 0 Å². The monoisotopic (exact) mass is 333 g/mol. The minimum atomic E-state index is -0.250. The molecule has 9 heteroatoms. The van der Waals surface area contributed by atoms with Crippen LogP contribution in [0.15, 0.2) is 18.6 Å². The third-order valence-corrected chi connectivity index (χ3v) is 4.32. The van der Waals surface area contributed by atoms with Gasteiger partial charge in [-0.05, 0) is 18.9 Å². The number of carboxylic acid groups (broad SMARTS) is 1. The normalized spacial score (nSPS) is 18.2. The van der Waals surface area contributed by atoms with Crippen molar-refractivity contribution in [3.8, 4) is 0 Å². The lowest BCUT2D eigenvalue weighted by Gasteiger charge is -2.36. The van der Waals surface area contributed by atoms with Crippen LogP contribution in [0.1, 0.15) is 12.8 Å². The molecule has 0 unspecified atom stereocenters. The van der Waals surface area contributed by atoms with E-state index in [1.165, 1.54) is 0 Å². The first kappa shape index (κ1) is 16.0. The third-order valence-electron chi connectivity index (χ3n) is 4.32. The second kappa shape index (κ2) is 7.16. The number of carbonyl (C=O) groups is 2. The summed E-state index contributed by atoms with van der Waals surface area (Å²) in [4.78, 5) is 36.0. The summed E-state index contributed by atoms with van der Waals surface area (Å²) in [6.07, 6.45) is 5.22. The molecule has 2 N–H and O–H groups in total. The number of anilines is 1. The molecule has 0 saturated carbocycles. The zero-order valence-electron chi connectivity index (χ0n) is 13.1. The Labute approximate surface area is 138 Å². The van der Waals surface area contributed by atoms with Gasteiger partial charge in [-0.1, -0.05) is 0 Å². The number of rotatable bonds is 2. The van der Waals surface area contributed by atoms with Gasteiger partial charge in [-0.25, -0.2) is 14.8 Å². The number of amides is 1. The topological polar surface area (TPSA) is 112 Å². The molecule has 0 spiro atoms. The highest BCUT2D eigenvalue weighted by molar-refractivity contribution is 5.85. The van der Waals surface area contributed by atoms with Gasteiger partial charge in [0.15, 0.2) is 5.82 Å². The Hall–Kier alpha value is -2.84. The molecule has 0 aliphatic carbocycles. The Morgan fingerprint density at radius 2 is 2.04 bits per heavy atom. The zero-order valence-corrected chi connectivity index (χ0v) is 13.1. The molecule has 24 heavy (non-hydrogen) atoms. The van der Waals surface area contributed by atoms with Gasteiger partial charge in [0.2, 0.25) is 0 Å². The molecule has 0 bridgehead atoms. The fourth-order valence-corrected chi connectivity index (χ4v) is 3.22. The molecule has 4 rings (SSSR count). The average Bonchev–Trinajstić information content (AvgIpc) is 3.24. The maximum Gasteiger partial charge on any atom is 0.410 e. The van der Waals surface area contributed by atoms with Crippen LogP contribution in [-0.4, -0.2) is 69.8 Å². The molecule has 2 aromatic rings. The lowest BCUT2D eigenvalue weighted by molar-refractivity contribution is -0.122. The minimum Gasteiger partial charge on any atom is -0.483 e. The largest absolute Gasteiger partial charge is 0.483 e. The van der Waals surface area contributed by atoms with E-state index in [1.54, 1.807) is 6.33 Å². The fourth-order valence-electron chi connectivity index (χ4n) is 3.22. The highest BCUT2D eigenvalue weighted by atomic mass is 16.6. The van der Waals surface area contributed by atoms with Crippen molar-refractivity contribution in [2.45, 2.75) is 18.9 Å². The summed E-state index contributed by atoms with van der Waals surface area (Å²) >= 11 is 0. The second-order valence-electron chi connectivity index (χ2n) is 5.57. The molecular weight excluding hydrogens is 314 g/mol. The van der Waals surface area contributed by atoms with E-state index in [0.717, 1.165) is 49.3 Å². The molecule has 4 heterocycles. The van der Waals surface area contributed by atoms with E-state index in [9.17, 15) is 4.79 Å². The van der Waals surface area contributed by atoms with Gasteiger partial charge in [0.25, 0.3) is 6.47 Å². The molecule has 1 amide bonds. The Morgan fingerprint density at radius 3 is 2.71 bits per heavy atom. The number of aromatic nitrogens is 3. The first-order valence-electron chi connectivity index (χ1n) is 7.79. The number of fused-ring (bicyclic) bond motifs is 1. The van der Waals surface area contributed by atoms with Crippen molar-refractivity contribution in [2.24, 2.45) is 0 Å². The van der Waals surface area contributed by atoms with Crippen molar-refractivity contribution in [3.05, 3.63) is 18.6 Å². The summed E-state index contributed by atoms with van der Waals surface area (Å²) in [5.41, 5.74) is 1.92. The van der Waals surface area contributed by atoms with Crippen LogP contribution in [0.3, 0.4) is 0 Å². The molecule has 9 nitrogen and oxygen atoms in total. The Morgan fingerprint density at radius 1 is 1.29 bits per heavy atom. The summed E-state index contributed by atoms with van der Waals surface area (Å²) in [5, 5.41) is 6.89. The molecule has 2 fully saturated rings. The Kier molecular flexibility index (Phi) is 4.78. The number of H-pyrrole nitrogens is 1. The number of piperidine rings is 1. The highest BCUT2D eigenvalue weighted by Crippen LogP contribution is 2.26. The molecule has 2 aromatic heterocycles. The zero-order chi connectivity index (χ0) is 16.9. The van der Waals surface area contributed by atoms with Gasteiger partial charge < -0.3 is 24.6 Å². The van der Waals surface area contributed by atoms with Crippen molar-refractivity contribution in [3.63, 3.8) is 0 Å². The van der Waals surface area contributed by atoms with Gasteiger partial charge in [0, 0.05) is 25.3 Å². The Bertz CT molecular complexity index is 711. The van der Waals surface area contributed by atoms with Crippen LogP contribution in [0.25, 0.3) is 11.0 Å². The van der Waals surface area contributed by atoms with Gasteiger partial charge in [-0.3, -0.25) is 4.79 Å². The number of nitrogens with zero attached hydrogens (tertiary/aromatic N) is 4. The van der Waals surface area contributed by atoms with Gasteiger partial charge in [-0.15, -0.1) is 0 Å². The minimum absolute atomic E-state index is 0.165. The van der Waals surface area contributed by atoms with E-state index >= 15 is 0 Å². The number of hydrogen-bond acceptors (Lipinski definition) is 6. The molecule has 2 saturated heterocycles. The lowest BCUT2D eigenvalue weighted by Crippen LogP contribution is -2.45. The number of nitrogens with one attached hydrogen (secondary N) is 1. The van der Waals surface area contributed by atoms with E-state index in [1.807, 2.05) is 17.2 Å². The number of carbonyl (C=O) groups excluding carboxylic acids is 1. The summed E-state index contributed by atoms with van der Waals surface area (Å²) in [6, 6.07) is 2.24. The molecule has 0 aromatic carbocycles. The first-order chi connectivity index (χ1) is 11.7. The van der Waals surface area contributed by atoms with Crippen LogP contribution < -0.4 is 4.90 Å². The van der Waals surface area contributed by atoms with E-state index in [4.69, 9.17) is 14.6 Å². The van der Waals surface area contributed by atoms with Gasteiger partial charge in [0.1, 0.15) is 18.5 Å². The third kappa shape index (κ3) is 3.10. The van der Waals surface area contributed by atoms with Gasteiger partial charge >= 0.3 is 6.09 Å². The standard InChI is InChI=1S/C14H17N5O2.CH2O2/c20-14-19(7-8-21-14)10-2-5-18(6-3-10)13-12-11(1-4-15-12)16-9-17-13;2-1-3/h1,4,9-10,15H,2-3,5-8H2;1H,(H,2,3). The maximum absolute atomic E-state index is 11.6. The fraction of sp³-hybridized carbons (Fsp3) is 0.467. The van der Waals surface area contributed by atoms with Crippen molar-refractivity contribution in [2.75, 3.05) is 31.1 Å². The smallest absolute Gasteiger partial charge is 0.410 e. The van der Waals surface area contributed by atoms with Crippen LogP contribution in [-0.2, 0) is 9.53 Å². The lowest BCUT2D eigenvalue weighted by atomic mass is 10.0. The van der Waals surface area contributed by atoms with E-state index in [0.29, 0.717) is 6.61 Å². The van der Waals surface area contributed by atoms with Crippen molar-refractivity contribution >= 4 is 29.4 Å². The number of hydrogen-bond donors (Lipinski definition) is 2. The highest BCUT2D eigenvalue weighted by Gasteiger charge is 2.32. The van der Waals surface area contributed by atoms with Crippen LogP contribution in [0.2, 0.25) is 0 Å². The predicted molar refractivity (Wildman–Crippen MR) is 85.9 cm³/mol. The summed E-state index contributed by atoms with van der Waals surface area (Å²) in [5.74, 6) is 0.951. The van der Waals surface area contributed by atoms with Crippen LogP contribution in [0.4, 0.5) is 10.6 Å². The summed E-state index contributed by atoms with van der Waals surface area (Å²) in [7, 11) is 0. The van der Waals surface area contributed by atoms with Crippen LogP contribution in [0, 0.1) is 0 Å². The summed E-state index contributed by atoms with van der Waals surface area (Å²) < 4.78 is 5.03. The van der Waals surface area contributed by atoms with Crippen LogP contribution >= 0.6 is 0 Å². The quantitative estimate of drug-likeness (QED) is 0.791. The van der Waals surface area contributed by atoms with Gasteiger partial charge in [0.05, 0.1) is 12.1 Å². The molecular formula is C15H19N5O4. The molecule has 128 valence electrons. The number of aromatic amines is 1. The number of ether oxygens (including phenoxy) is 1. The number of cyclic esters (lactones) is 1. The van der Waals surface area contributed by atoms with Crippen LogP contribution in [0.5, 0.6) is 0 Å². The second-order valence-corrected chi connectivity index (χ2v) is 5.57. The van der Waals surface area contributed by atoms with Gasteiger partial charge in [-0.2, -0.15) is 0 Å². The molecule has 2 aliphatic heterocycles. The molecule has 2 aliphatic rings. The molecule has 0 atom stereocenters. The Balaban J connectivity index is 0.000000526. The van der Waals surface area contributed by atoms with Crippen molar-refractivity contribution in [1.82, 2.24) is 19.9 Å². The SMILES string of the molecule is O=C1OCCN1C1CCN(c2ncnc3cc[nH]c23)CC1.O=CO. The maximum atomic E-state index is 11.6. The van der Waals surface area contributed by atoms with E-state index in [-0.39, 0.29) is 18.6 Å². The summed E-state index contributed by atoms with van der Waals surface area (Å²) in [6.45, 7) is 2.77. The van der Waals surface area contributed by atoms with E-state index in [2.05, 4.69) is 19.9 Å². The first-order valence-corrected chi connectivity index (χ1v) is 7.79.